The third-order valence-electron chi connectivity index (χ3n) is 4.37. The van der Waals surface area contributed by atoms with Crippen molar-refractivity contribution >= 4 is 21.5 Å². The van der Waals surface area contributed by atoms with Gasteiger partial charge in [0.25, 0.3) is 0 Å². The number of anilines is 2. The molecular weight excluding hydrogens is 336 g/mol. The molecule has 7 heteroatoms. The van der Waals surface area contributed by atoms with E-state index in [1.165, 1.54) is 5.56 Å². The molecule has 0 aliphatic carbocycles. The summed E-state index contributed by atoms with van der Waals surface area (Å²) in [6.07, 6.45) is 1.74. The predicted molar refractivity (Wildman–Crippen MR) is 101 cm³/mol. The van der Waals surface area contributed by atoms with Crippen LogP contribution in [0.2, 0.25) is 0 Å². The van der Waals surface area contributed by atoms with Gasteiger partial charge in [-0.3, -0.25) is 9.62 Å². The van der Waals surface area contributed by atoms with Gasteiger partial charge >= 0.3 is 0 Å². The number of hydrogen-bond acceptors (Lipinski definition) is 5. The van der Waals surface area contributed by atoms with Crippen molar-refractivity contribution in [1.82, 2.24) is 9.88 Å². The highest BCUT2D eigenvalue weighted by molar-refractivity contribution is 7.92. The van der Waals surface area contributed by atoms with Gasteiger partial charge in [-0.2, -0.15) is 0 Å². The molecular formula is C18H24N4O2S. The molecule has 1 aromatic heterocycles. The van der Waals surface area contributed by atoms with Gasteiger partial charge in [0.05, 0.1) is 17.6 Å². The molecule has 1 fully saturated rings. The van der Waals surface area contributed by atoms with Crippen LogP contribution < -0.4 is 9.62 Å². The van der Waals surface area contributed by atoms with Crippen LogP contribution in [0, 0.1) is 0 Å². The van der Waals surface area contributed by atoms with E-state index in [1.54, 1.807) is 19.2 Å². The van der Waals surface area contributed by atoms with E-state index in [4.69, 9.17) is 0 Å². The average Bonchev–Trinajstić information content (AvgIpc) is 2.64. The van der Waals surface area contributed by atoms with Gasteiger partial charge in [0.2, 0.25) is 10.0 Å². The zero-order chi connectivity index (χ0) is 17.7. The Morgan fingerprint density at radius 1 is 1.04 bits per heavy atom. The lowest BCUT2D eigenvalue weighted by molar-refractivity contribution is 0.250. The molecule has 134 valence electrons. The number of sulfonamides is 1. The minimum Gasteiger partial charge on any atom is -0.368 e. The molecule has 1 N–H and O–H groups in total. The molecule has 3 rings (SSSR count). The van der Waals surface area contributed by atoms with Gasteiger partial charge in [-0.15, -0.1) is 0 Å². The van der Waals surface area contributed by atoms with E-state index in [1.807, 2.05) is 12.1 Å². The summed E-state index contributed by atoms with van der Waals surface area (Å²) in [5.41, 5.74) is 2.36. The Labute approximate surface area is 149 Å². The van der Waals surface area contributed by atoms with Crippen LogP contribution in [0.15, 0.2) is 48.7 Å². The Morgan fingerprint density at radius 2 is 1.76 bits per heavy atom. The Morgan fingerprint density at radius 3 is 2.36 bits per heavy atom. The van der Waals surface area contributed by atoms with Crippen molar-refractivity contribution in [2.75, 3.05) is 41.6 Å². The van der Waals surface area contributed by atoms with Gasteiger partial charge < -0.3 is 4.90 Å². The van der Waals surface area contributed by atoms with E-state index < -0.39 is 10.0 Å². The van der Waals surface area contributed by atoms with E-state index in [0.29, 0.717) is 5.82 Å². The third-order valence-corrected chi connectivity index (χ3v) is 5.65. The first-order valence-electron chi connectivity index (χ1n) is 8.53. The molecule has 1 aliphatic rings. The fourth-order valence-corrected chi connectivity index (χ4v) is 3.45. The lowest BCUT2D eigenvalue weighted by Crippen LogP contribution is -2.46. The summed E-state index contributed by atoms with van der Waals surface area (Å²) in [5, 5.41) is 0. The van der Waals surface area contributed by atoms with Gasteiger partial charge in [-0.1, -0.05) is 30.3 Å². The van der Waals surface area contributed by atoms with Crippen molar-refractivity contribution in [3.63, 3.8) is 0 Å². The number of benzene rings is 1. The zero-order valence-corrected chi connectivity index (χ0v) is 15.2. The van der Waals surface area contributed by atoms with Gasteiger partial charge in [0.1, 0.15) is 5.82 Å². The maximum atomic E-state index is 11.6. The quantitative estimate of drug-likeness (QED) is 0.855. The maximum absolute atomic E-state index is 11.6. The molecule has 0 amide bonds. The predicted octanol–water partition coefficient (Wildman–Crippen LogP) is 2.17. The molecule has 25 heavy (non-hydrogen) atoms. The number of rotatable bonds is 6. The third kappa shape index (κ3) is 4.93. The average molecular weight is 360 g/mol. The zero-order valence-electron chi connectivity index (χ0n) is 14.4. The van der Waals surface area contributed by atoms with Gasteiger partial charge in [0.15, 0.2) is 0 Å². The Kier molecular flexibility index (Phi) is 5.55. The number of nitrogens with zero attached hydrogens (tertiary/aromatic N) is 3. The Hall–Kier alpha value is -2.12. The summed E-state index contributed by atoms with van der Waals surface area (Å²) in [6.45, 7) is 6.46. The van der Waals surface area contributed by atoms with Crippen molar-refractivity contribution in [2.45, 2.75) is 13.5 Å². The van der Waals surface area contributed by atoms with Crippen molar-refractivity contribution in [3.05, 3.63) is 54.2 Å². The highest BCUT2D eigenvalue weighted by atomic mass is 32.2. The van der Waals surface area contributed by atoms with Crippen molar-refractivity contribution < 1.29 is 8.42 Å². The van der Waals surface area contributed by atoms with Crippen molar-refractivity contribution in [1.29, 1.82) is 0 Å². The molecule has 2 heterocycles. The molecule has 1 aromatic carbocycles. The van der Waals surface area contributed by atoms with E-state index in [-0.39, 0.29) is 5.75 Å². The smallest absolute Gasteiger partial charge is 0.233 e. The van der Waals surface area contributed by atoms with E-state index in [2.05, 4.69) is 43.8 Å². The topological polar surface area (TPSA) is 65.5 Å². The van der Waals surface area contributed by atoms with Crippen LogP contribution in [-0.2, 0) is 16.6 Å². The minimum absolute atomic E-state index is 0.0415. The van der Waals surface area contributed by atoms with Crippen LogP contribution in [0.4, 0.5) is 11.5 Å². The molecule has 0 spiro atoms. The van der Waals surface area contributed by atoms with E-state index in [0.717, 1.165) is 38.4 Å². The summed E-state index contributed by atoms with van der Waals surface area (Å²) >= 11 is 0. The van der Waals surface area contributed by atoms with Gasteiger partial charge in [-0.25, -0.2) is 13.4 Å². The number of aromatic nitrogens is 1. The van der Waals surface area contributed by atoms with E-state index in [9.17, 15) is 8.42 Å². The summed E-state index contributed by atoms with van der Waals surface area (Å²) in [6, 6.07) is 14.2. The Balaban J connectivity index is 1.54. The molecule has 2 aromatic rings. The molecule has 1 saturated heterocycles. The first-order chi connectivity index (χ1) is 12.1. The summed E-state index contributed by atoms with van der Waals surface area (Å²) < 4.78 is 25.6. The minimum atomic E-state index is -3.28. The molecule has 0 unspecified atom stereocenters. The maximum Gasteiger partial charge on any atom is 0.233 e. The molecule has 1 aliphatic heterocycles. The molecule has 0 radical (unpaired) electrons. The standard InChI is InChI=1S/C18H24N4O2S/c1-2-25(23,24)20-18-9-8-17(14-19-18)22-12-10-21(11-13-22)15-16-6-4-3-5-7-16/h3-9,14H,2,10-13,15H2,1H3,(H,19,20). The van der Waals surface area contributed by atoms with Crippen LogP contribution in [-0.4, -0.2) is 50.2 Å². The fourth-order valence-electron chi connectivity index (χ4n) is 2.87. The number of nitrogens with one attached hydrogen (secondary N) is 1. The van der Waals surface area contributed by atoms with E-state index >= 15 is 0 Å². The second-order valence-corrected chi connectivity index (χ2v) is 8.17. The largest absolute Gasteiger partial charge is 0.368 e. The normalized spacial score (nSPS) is 16.0. The van der Waals surface area contributed by atoms with Crippen LogP contribution >= 0.6 is 0 Å². The lowest BCUT2D eigenvalue weighted by atomic mass is 10.2. The van der Waals surface area contributed by atoms with Crippen LogP contribution in [0.1, 0.15) is 12.5 Å². The first-order valence-corrected chi connectivity index (χ1v) is 10.2. The summed E-state index contributed by atoms with van der Waals surface area (Å²) in [4.78, 5) is 8.96. The second-order valence-electron chi connectivity index (χ2n) is 6.16. The number of pyridine rings is 1. The Bertz CT molecular complexity index is 770. The van der Waals surface area contributed by atoms with Crippen LogP contribution in [0.3, 0.4) is 0 Å². The molecule has 6 nitrogen and oxygen atoms in total. The molecule has 0 atom stereocenters. The second kappa shape index (κ2) is 7.84. The van der Waals surface area contributed by atoms with Gasteiger partial charge in [-0.05, 0) is 24.6 Å². The fraction of sp³-hybridized carbons (Fsp3) is 0.389. The van der Waals surface area contributed by atoms with Gasteiger partial charge in [0, 0.05) is 32.7 Å². The summed E-state index contributed by atoms with van der Waals surface area (Å²) in [7, 11) is -3.28. The highest BCUT2D eigenvalue weighted by Gasteiger charge is 2.17. The summed E-state index contributed by atoms with van der Waals surface area (Å²) in [5.74, 6) is 0.410. The lowest BCUT2D eigenvalue weighted by Gasteiger charge is -2.36. The van der Waals surface area contributed by atoms with Crippen molar-refractivity contribution in [2.24, 2.45) is 0 Å². The molecule has 0 saturated carbocycles. The van der Waals surface area contributed by atoms with Crippen LogP contribution in [0.25, 0.3) is 0 Å². The molecule has 0 bridgehead atoms. The monoisotopic (exact) mass is 360 g/mol. The first kappa shape index (κ1) is 17.7. The number of piperazine rings is 1. The van der Waals surface area contributed by atoms with Crippen molar-refractivity contribution in [3.8, 4) is 0 Å². The van der Waals surface area contributed by atoms with Crippen LogP contribution in [0.5, 0.6) is 0 Å². The SMILES string of the molecule is CCS(=O)(=O)Nc1ccc(N2CCN(Cc3ccccc3)CC2)cn1. The highest BCUT2D eigenvalue weighted by Crippen LogP contribution is 2.18. The number of hydrogen-bond donors (Lipinski definition) is 1.